The summed E-state index contributed by atoms with van der Waals surface area (Å²) >= 11 is 1.31. The molecule has 4 aromatic rings. The minimum absolute atomic E-state index is 0.133. The first-order chi connectivity index (χ1) is 13.1. The highest BCUT2D eigenvalue weighted by Crippen LogP contribution is 2.27. The van der Waals surface area contributed by atoms with Gasteiger partial charge in [0.2, 0.25) is 4.96 Å². The van der Waals surface area contributed by atoms with Crippen LogP contribution in [0.2, 0.25) is 0 Å². The summed E-state index contributed by atoms with van der Waals surface area (Å²) in [5.41, 5.74) is 2.68. The summed E-state index contributed by atoms with van der Waals surface area (Å²) in [4.78, 5) is 13.5. The molecule has 0 saturated carbocycles. The average molecular weight is 379 g/mol. The first-order valence-corrected chi connectivity index (χ1v) is 9.11. The van der Waals surface area contributed by atoms with Crippen LogP contribution in [-0.2, 0) is 0 Å². The quantitative estimate of drug-likeness (QED) is 0.545. The van der Waals surface area contributed by atoms with Gasteiger partial charge < -0.3 is 9.47 Å². The van der Waals surface area contributed by atoms with E-state index in [1.165, 1.54) is 11.3 Å². The lowest BCUT2D eigenvalue weighted by atomic mass is 10.1. The van der Waals surface area contributed by atoms with E-state index in [4.69, 9.17) is 9.47 Å². The van der Waals surface area contributed by atoms with Crippen LogP contribution in [0.1, 0.15) is 11.1 Å². The van der Waals surface area contributed by atoms with E-state index in [0.717, 1.165) is 16.7 Å². The fraction of sp³-hybridized carbons (Fsp3) is 0.150. The normalized spacial score (nSPS) is 11.9. The van der Waals surface area contributed by atoms with Crippen LogP contribution in [-0.4, -0.2) is 28.8 Å². The van der Waals surface area contributed by atoms with Crippen molar-refractivity contribution in [3.63, 3.8) is 0 Å². The molecule has 2 aromatic heterocycles. The molecule has 0 bridgehead atoms. The molecule has 0 amide bonds. The van der Waals surface area contributed by atoms with Gasteiger partial charge in [-0.2, -0.15) is 0 Å². The van der Waals surface area contributed by atoms with E-state index in [9.17, 15) is 4.79 Å². The number of rotatable bonds is 4. The van der Waals surface area contributed by atoms with Crippen LogP contribution in [0.3, 0.4) is 0 Å². The molecule has 0 atom stereocenters. The van der Waals surface area contributed by atoms with Crippen LogP contribution in [0, 0.1) is 6.92 Å². The Kier molecular flexibility index (Phi) is 4.37. The van der Waals surface area contributed by atoms with Gasteiger partial charge in [-0.3, -0.25) is 4.79 Å². The van der Waals surface area contributed by atoms with Crippen LogP contribution >= 0.6 is 11.3 Å². The lowest BCUT2D eigenvalue weighted by molar-refractivity contribution is 0.355. The van der Waals surface area contributed by atoms with Gasteiger partial charge in [0.1, 0.15) is 0 Å². The largest absolute Gasteiger partial charge is 0.493 e. The number of benzene rings is 2. The number of ether oxygens (including phenoxy) is 2. The number of methoxy groups -OCH3 is 2. The molecular weight excluding hydrogens is 362 g/mol. The van der Waals surface area contributed by atoms with E-state index in [-0.39, 0.29) is 5.56 Å². The number of thiazole rings is 1. The molecule has 0 aliphatic heterocycles. The predicted molar refractivity (Wildman–Crippen MR) is 106 cm³/mol. The number of aromatic nitrogens is 3. The van der Waals surface area contributed by atoms with Crippen LogP contribution in [0.5, 0.6) is 11.5 Å². The average Bonchev–Trinajstić information content (AvgIpc) is 3.22. The monoisotopic (exact) mass is 379 g/mol. The highest BCUT2D eigenvalue weighted by Gasteiger charge is 2.14. The van der Waals surface area contributed by atoms with Crippen molar-refractivity contribution in [1.29, 1.82) is 0 Å². The molecule has 0 unspecified atom stereocenters. The van der Waals surface area contributed by atoms with Crippen molar-refractivity contribution in [3.05, 3.63) is 68.5 Å². The smallest absolute Gasteiger partial charge is 0.276 e. The number of aryl methyl sites for hydroxylation is 1. The maximum Gasteiger partial charge on any atom is 0.276 e. The Balaban J connectivity index is 1.86. The highest BCUT2D eigenvalue weighted by atomic mass is 32.1. The second-order valence-corrected chi connectivity index (χ2v) is 7.05. The van der Waals surface area contributed by atoms with E-state index in [2.05, 4.69) is 10.2 Å². The number of nitrogens with zero attached hydrogens (tertiary/aromatic N) is 3. The zero-order valence-corrected chi connectivity index (χ0v) is 15.9. The van der Waals surface area contributed by atoms with Gasteiger partial charge in [0.05, 0.1) is 18.8 Å². The molecule has 0 saturated heterocycles. The molecule has 7 heteroatoms. The van der Waals surface area contributed by atoms with Gasteiger partial charge in [0, 0.05) is 5.56 Å². The Hall–Kier alpha value is -3.19. The lowest BCUT2D eigenvalue weighted by Gasteiger charge is -2.07. The zero-order chi connectivity index (χ0) is 19.0. The van der Waals surface area contributed by atoms with Crippen molar-refractivity contribution in [2.75, 3.05) is 14.2 Å². The number of hydrogen-bond acceptors (Lipinski definition) is 6. The predicted octanol–water partition coefficient (Wildman–Crippen LogP) is 2.69. The molecule has 0 radical (unpaired) electrons. The fourth-order valence-electron chi connectivity index (χ4n) is 2.93. The van der Waals surface area contributed by atoms with E-state index in [0.29, 0.717) is 26.8 Å². The first-order valence-electron chi connectivity index (χ1n) is 8.29. The summed E-state index contributed by atoms with van der Waals surface area (Å²) in [5.74, 6) is 1.81. The van der Waals surface area contributed by atoms with E-state index >= 15 is 0 Å². The SMILES string of the molecule is COc1ccc(C=c2sc3nnc(-c4cccc(C)c4)n3c2=O)cc1OC. The molecule has 2 aromatic carbocycles. The summed E-state index contributed by atoms with van der Waals surface area (Å²) in [5, 5.41) is 8.37. The van der Waals surface area contributed by atoms with Gasteiger partial charge in [-0.25, -0.2) is 4.40 Å². The second kappa shape index (κ2) is 6.85. The van der Waals surface area contributed by atoms with Crippen molar-refractivity contribution < 1.29 is 9.47 Å². The van der Waals surface area contributed by atoms with Crippen LogP contribution in [0.15, 0.2) is 47.3 Å². The molecule has 0 N–H and O–H groups in total. The van der Waals surface area contributed by atoms with Gasteiger partial charge >= 0.3 is 0 Å². The minimum Gasteiger partial charge on any atom is -0.493 e. The molecule has 136 valence electrons. The third-order valence-corrected chi connectivity index (χ3v) is 5.19. The van der Waals surface area contributed by atoms with E-state index in [1.54, 1.807) is 18.6 Å². The van der Waals surface area contributed by atoms with Crippen molar-refractivity contribution in [2.45, 2.75) is 6.92 Å². The highest BCUT2D eigenvalue weighted by molar-refractivity contribution is 7.15. The number of hydrogen-bond donors (Lipinski definition) is 0. The van der Waals surface area contributed by atoms with E-state index in [1.807, 2.05) is 55.5 Å². The Labute approximate surface area is 159 Å². The molecule has 4 rings (SSSR count). The molecule has 0 spiro atoms. The molecule has 0 aliphatic carbocycles. The molecular formula is C20H17N3O3S. The molecule has 0 fully saturated rings. The molecule has 2 heterocycles. The number of fused-ring (bicyclic) bond motifs is 1. The Morgan fingerprint density at radius 3 is 2.59 bits per heavy atom. The molecule has 0 aliphatic rings. The molecule has 27 heavy (non-hydrogen) atoms. The van der Waals surface area contributed by atoms with E-state index < -0.39 is 0 Å². The Morgan fingerprint density at radius 2 is 1.85 bits per heavy atom. The zero-order valence-electron chi connectivity index (χ0n) is 15.1. The van der Waals surface area contributed by atoms with Gasteiger partial charge in [-0.1, -0.05) is 41.2 Å². The van der Waals surface area contributed by atoms with Gasteiger partial charge in [-0.05, 0) is 36.8 Å². The summed E-state index contributed by atoms with van der Waals surface area (Å²) in [6.07, 6.45) is 1.82. The van der Waals surface area contributed by atoms with Crippen molar-refractivity contribution in [2.24, 2.45) is 0 Å². The van der Waals surface area contributed by atoms with Crippen molar-refractivity contribution in [3.8, 4) is 22.9 Å². The van der Waals surface area contributed by atoms with Crippen molar-refractivity contribution in [1.82, 2.24) is 14.6 Å². The van der Waals surface area contributed by atoms with Crippen molar-refractivity contribution >= 4 is 22.4 Å². The third kappa shape index (κ3) is 3.06. The fourth-order valence-corrected chi connectivity index (χ4v) is 3.84. The van der Waals surface area contributed by atoms with Crippen LogP contribution in [0.4, 0.5) is 0 Å². The summed E-state index contributed by atoms with van der Waals surface area (Å²) in [7, 11) is 3.17. The van der Waals surface area contributed by atoms with Crippen LogP contribution in [0.25, 0.3) is 22.4 Å². The third-order valence-electron chi connectivity index (χ3n) is 4.23. The summed E-state index contributed by atoms with van der Waals surface area (Å²) in [6, 6.07) is 13.4. The standard InChI is InChI=1S/C20H17N3O3S/c1-12-5-4-6-14(9-12)18-21-22-20-23(18)19(24)17(27-20)11-13-7-8-15(25-2)16(10-13)26-3/h4-11H,1-3H3. The lowest BCUT2D eigenvalue weighted by Crippen LogP contribution is -2.23. The molecule has 6 nitrogen and oxygen atoms in total. The van der Waals surface area contributed by atoms with Crippen LogP contribution < -0.4 is 19.6 Å². The Morgan fingerprint density at radius 1 is 1.04 bits per heavy atom. The summed E-state index contributed by atoms with van der Waals surface area (Å²) < 4.78 is 12.7. The maximum absolute atomic E-state index is 13.0. The van der Waals surface area contributed by atoms with Gasteiger partial charge in [-0.15, -0.1) is 10.2 Å². The maximum atomic E-state index is 13.0. The second-order valence-electron chi connectivity index (χ2n) is 6.04. The minimum atomic E-state index is -0.133. The Bertz CT molecular complexity index is 1240. The first kappa shape index (κ1) is 17.2. The topological polar surface area (TPSA) is 65.7 Å². The van der Waals surface area contributed by atoms with Gasteiger partial charge in [0.25, 0.3) is 5.56 Å². The van der Waals surface area contributed by atoms with Gasteiger partial charge in [0.15, 0.2) is 17.3 Å². The summed E-state index contributed by atoms with van der Waals surface area (Å²) in [6.45, 7) is 2.00.